The number of para-hydroxylation sites is 1. The van der Waals surface area contributed by atoms with Crippen LogP contribution in [0.3, 0.4) is 0 Å². The van der Waals surface area contributed by atoms with E-state index in [1.165, 1.54) is 4.90 Å². The van der Waals surface area contributed by atoms with Gasteiger partial charge in [-0.1, -0.05) is 63.9 Å². The molecular formula is C25H31N3O3. The van der Waals surface area contributed by atoms with E-state index in [0.29, 0.717) is 28.8 Å². The lowest BCUT2D eigenvalue weighted by atomic mass is 9.78. The van der Waals surface area contributed by atoms with Crippen LogP contribution >= 0.6 is 0 Å². The van der Waals surface area contributed by atoms with Gasteiger partial charge in [-0.2, -0.15) is 0 Å². The van der Waals surface area contributed by atoms with Gasteiger partial charge in [0.25, 0.3) is 11.6 Å². The number of amides is 3. The molecule has 164 valence electrons. The van der Waals surface area contributed by atoms with Gasteiger partial charge in [0.2, 0.25) is 0 Å². The van der Waals surface area contributed by atoms with Gasteiger partial charge in [0, 0.05) is 17.3 Å². The molecule has 0 bridgehead atoms. The van der Waals surface area contributed by atoms with Crippen molar-refractivity contribution in [2.45, 2.75) is 58.2 Å². The molecule has 31 heavy (non-hydrogen) atoms. The number of nitrogens with one attached hydrogen (secondary N) is 2. The van der Waals surface area contributed by atoms with Crippen LogP contribution in [0.25, 0.3) is 0 Å². The van der Waals surface area contributed by atoms with Crippen LogP contribution in [0.4, 0.5) is 16.2 Å². The largest absolute Gasteiger partial charge is 0.359 e. The van der Waals surface area contributed by atoms with Gasteiger partial charge < -0.3 is 15.7 Å². The molecule has 0 radical (unpaired) electrons. The Labute approximate surface area is 183 Å². The molecule has 1 saturated carbocycles. The normalized spacial score (nSPS) is 27.9. The SMILES string of the molecule is CCc1ccc(N2C(=O)Nc3ccccc3[C@]2(O)C(=O)N[C@@H]2CCC[C@@H](C)[C@@H]2C)cc1. The van der Waals surface area contributed by atoms with Gasteiger partial charge in [0.1, 0.15) is 0 Å². The van der Waals surface area contributed by atoms with E-state index in [0.717, 1.165) is 31.2 Å². The zero-order valence-corrected chi connectivity index (χ0v) is 18.4. The van der Waals surface area contributed by atoms with Crippen molar-refractivity contribution in [2.24, 2.45) is 11.8 Å². The van der Waals surface area contributed by atoms with Gasteiger partial charge in [-0.05, 0) is 48.4 Å². The number of rotatable bonds is 4. The number of benzene rings is 2. The Bertz CT molecular complexity index is 974. The lowest BCUT2D eigenvalue weighted by Gasteiger charge is -2.44. The molecule has 1 fully saturated rings. The maximum Gasteiger partial charge on any atom is 0.329 e. The van der Waals surface area contributed by atoms with Gasteiger partial charge in [0.15, 0.2) is 0 Å². The highest BCUT2D eigenvalue weighted by Crippen LogP contribution is 2.40. The van der Waals surface area contributed by atoms with Crippen molar-refractivity contribution in [1.29, 1.82) is 0 Å². The molecule has 1 aliphatic carbocycles. The number of anilines is 2. The number of hydrogen-bond acceptors (Lipinski definition) is 3. The smallest absolute Gasteiger partial charge is 0.329 e. The van der Waals surface area contributed by atoms with E-state index < -0.39 is 17.7 Å². The first kappa shape index (κ1) is 21.4. The highest BCUT2D eigenvalue weighted by atomic mass is 16.3. The monoisotopic (exact) mass is 421 g/mol. The Morgan fingerprint density at radius 3 is 2.58 bits per heavy atom. The summed E-state index contributed by atoms with van der Waals surface area (Å²) in [6.07, 6.45) is 3.90. The van der Waals surface area contributed by atoms with Crippen molar-refractivity contribution in [3.63, 3.8) is 0 Å². The second kappa shape index (κ2) is 8.35. The number of carbonyl (C=O) groups excluding carboxylic acids is 2. The quantitative estimate of drug-likeness (QED) is 0.685. The molecule has 0 saturated heterocycles. The highest BCUT2D eigenvalue weighted by molar-refractivity contribution is 6.11. The number of fused-ring (bicyclic) bond motifs is 1. The molecule has 4 atom stereocenters. The number of nitrogens with zero attached hydrogens (tertiary/aromatic N) is 1. The van der Waals surface area contributed by atoms with Gasteiger partial charge in [-0.15, -0.1) is 0 Å². The number of urea groups is 1. The minimum Gasteiger partial charge on any atom is -0.359 e. The fraction of sp³-hybridized carbons (Fsp3) is 0.440. The topological polar surface area (TPSA) is 81.7 Å². The van der Waals surface area contributed by atoms with Crippen molar-refractivity contribution in [3.8, 4) is 0 Å². The maximum atomic E-state index is 13.7. The standard InChI is InChI=1S/C25H31N3O3/c1-4-18-12-14-19(15-13-18)28-24(30)27-22-10-6-5-9-20(22)25(28,31)23(29)26-21-11-7-8-16(2)17(21)3/h5-6,9-10,12-17,21,31H,4,7-8,11H2,1-3H3,(H,26,29)(H,27,30)/t16-,17+,21-,25+/m1/s1. The highest BCUT2D eigenvalue weighted by Gasteiger charge is 2.52. The van der Waals surface area contributed by atoms with Crippen LogP contribution in [-0.2, 0) is 16.9 Å². The van der Waals surface area contributed by atoms with E-state index in [1.54, 1.807) is 36.4 Å². The molecule has 4 rings (SSSR count). The van der Waals surface area contributed by atoms with Gasteiger partial charge in [0.05, 0.1) is 5.69 Å². The van der Waals surface area contributed by atoms with Crippen LogP contribution in [0.5, 0.6) is 0 Å². The third kappa shape index (κ3) is 3.69. The summed E-state index contributed by atoms with van der Waals surface area (Å²) in [7, 11) is 0. The molecule has 2 aromatic carbocycles. The van der Waals surface area contributed by atoms with E-state index in [9.17, 15) is 14.7 Å². The minimum atomic E-state index is -2.15. The molecule has 0 unspecified atom stereocenters. The molecule has 2 aromatic rings. The average molecular weight is 422 g/mol. The average Bonchev–Trinajstić information content (AvgIpc) is 2.77. The fourth-order valence-corrected chi connectivity index (χ4v) is 4.80. The summed E-state index contributed by atoms with van der Waals surface area (Å²) in [5.41, 5.74) is 0.235. The van der Waals surface area contributed by atoms with Crippen LogP contribution in [-0.4, -0.2) is 23.1 Å². The Hall–Kier alpha value is -2.86. The first-order valence-electron chi connectivity index (χ1n) is 11.2. The van der Waals surface area contributed by atoms with Crippen LogP contribution < -0.4 is 15.5 Å². The second-order valence-corrected chi connectivity index (χ2v) is 8.85. The van der Waals surface area contributed by atoms with Crippen molar-refractivity contribution in [1.82, 2.24) is 5.32 Å². The van der Waals surface area contributed by atoms with E-state index >= 15 is 0 Å². The molecule has 6 heteroatoms. The van der Waals surface area contributed by atoms with Gasteiger partial charge in [-0.25, -0.2) is 4.79 Å². The van der Waals surface area contributed by atoms with E-state index in [4.69, 9.17) is 0 Å². The van der Waals surface area contributed by atoms with Crippen molar-refractivity contribution >= 4 is 23.3 Å². The Kier molecular flexibility index (Phi) is 5.75. The molecule has 0 spiro atoms. The zero-order chi connectivity index (χ0) is 22.2. The predicted octanol–water partition coefficient (Wildman–Crippen LogP) is 4.39. The molecule has 2 aliphatic rings. The van der Waals surface area contributed by atoms with Gasteiger partial charge >= 0.3 is 6.03 Å². The predicted molar refractivity (Wildman–Crippen MR) is 122 cm³/mol. The second-order valence-electron chi connectivity index (χ2n) is 8.85. The van der Waals surface area contributed by atoms with Crippen molar-refractivity contribution < 1.29 is 14.7 Å². The summed E-state index contributed by atoms with van der Waals surface area (Å²) < 4.78 is 0. The fourth-order valence-electron chi connectivity index (χ4n) is 4.80. The van der Waals surface area contributed by atoms with Crippen LogP contribution in [0, 0.1) is 11.8 Å². The van der Waals surface area contributed by atoms with Crippen LogP contribution in [0.1, 0.15) is 51.2 Å². The summed E-state index contributed by atoms with van der Waals surface area (Å²) in [5.74, 6) is 0.222. The zero-order valence-electron chi connectivity index (χ0n) is 18.4. The molecule has 1 aliphatic heterocycles. The van der Waals surface area contributed by atoms with Crippen molar-refractivity contribution in [2.75, 3.05) is 10.2 Å². The summed E-state index contributed by atoms with van der Waals surface area (Å²) >= 11 is 0. The summed E-state index contributed by atoms with van der Waals surface area (Å²) in [6, 6.07) is 13.7. The first-order chi connectivity index (χ1) is 14.9. The van der Waals surface area contributed by atoms with E-state index in [2.05, 4.69) is 31.4 Å². The summed E-state index contributed by atoms with van der Waals surface area (Å²) in [4.78, 5) is 28.0. The van der Waals surface area contributed by atoms with E-state index in [-0.39, 0.29) is 6.04 Å². The van der Waals surface area contributed by atoms with E-state index in [1.807, 2.05) is 12.1 Å². The van der Waals surface area contributed by atoms with Crippen LogP contribution in [0.2, 0.25) is 0 Å². The minimum absolute atomic E-state index is 0.0401. The number of hydrogen-bond donors (Lipinski definition) is 3. The molecule has 0 aromatic heterocycles. The molecule has 3 N–H and O–H groups in total. The molecule has 3 amide bonds. The number of aliphatic hydroxyl groups is 1. The summed E-state index contributed by atoms with van der Waals surface area (Å²) in [5, 5.41) is 17.8. The number of carbonyl (C=O) groups is 2. The summed E-state index contributed by atoms with van der Waals surface area (Å²) in [6.45, 7) is 6.39. The number of aryl methyl sites for hydroxylation is 1. The lowest BCUT2D eigenvalue weighted by molar-refractivity contribution is -0.141. The molecule has 1 heterocycles. The third-order valence-corrected chi connectivity index (χ3v) is 7.01. The Balaban J connectivity index is 1.76. The van der Waals surface area contributed by atoms with Crippen molar-refractivity contribution in [3.05, 3.63) is 59.7 Å². The van der Waals surface area contributed by atoms with Crippen LogP contribution in [0.15, 0.2) is 48.5 Å². The molecule has 6 nitrogen and oxygen atoms in total. The first-order valence-corrected chi connectivity index (χ1v) is 11.2. The molecular weight excluding hydrogens is 390 g/mol. The maximum absolute atomic E-state index is 13.7. The lowest BCUT2D eigenvalue weighted by Crippen LogP contribution is -2.64. The Morgan fingerprint density at radius 2 is 1.87 bits per heavy atom. The van der Waals surface area contributed by atoms with Gasteiger partial charge in [-0.3, -0.25) is 9.69 Å². The third-order valence-electron chi connectivity index (χ3n) is 7.01. The Morgan fingerprint density at radius 1 is 1.16 bits per heavy atom.